The molecular formula is C30H27ClNO6P. The fourth-order valence-corrected chi connectivity index (χ4v) is 5.85. The van der Waals surface area contributed by atoms with Crippen LogP contribution >= 0.6 is 19.2 Å². The predicted molar refractivity (Wildman–Crippen MR) is 151 cm³/mol. The molecule has 1 heterocycles. The fourth-order valence-electron chi connectivity index (χ4n) is 5.12. The largest absolute Gasteiger partial charge is 0.507 e. The summed E-state index contributed by atoms with van der Waals surface area (Å²) in [5.74, 6) is -0.464. The van der Waals surface area contributed by atoms with E-state index in [0.717, 1.165) is 11.3 Å². The lowest BCUT2D eigenvalue weighted by atomic mass is 9.78. The lowest BCUT2D eigenvalue weighted by molar-refractivity contribution is -0.131. The molecule has 0 spiro atoms. The zero-order chi connectivity index (χ0) is 27.7. The highest BCUT2D eigenvalue weighted by atomic mass is 35.5. The van der Waals surface area contributed by atoms with E-state index < -0.39 is 19.6 Å². The smallest absolute Gasteiger partial charge is 0.356 e. The monoisotopic (exact) mass is 563 g/mol. The molecule has 4 aromatic rings. The number of benzene rings is 4. The Morgan fingerprint density at radius 2 is 1.62 bits per heavy atom. The molecule has 0 aliphatic carbocycles. The van der Waals surface area contributed by atoms with Gasteiger partial charge in [0.15, 0.2) is 0 Å². The van der Waals surface area contributed by atoms with E-state index in [4.69, 9.17) is 11.6 Å². The summed E-state index contributed by atoms with van der Waals surface area (Å²) in [5, 5.41) is 22.1. The molecule has 1 aliphatic heterocycles. The lowest BCUT2D eigenvalue weighted by Gasteiger charge is -2.48. The van der Waals surface area contributed by atoms with Gasteiger partial charge in [0.25, 0.3) is 0 Å². The summed E-state index contributed by atoms with van der Waals surface area (Å²) in [6.07, 6.45) is 0.0356. The number of phenols is 1. The minimum atomic E-state index is -4.37. The Morgan fingerprint density at radius 3 is 2.26 bits per heavy atom. The molecule has 3 atom stereocenters. The van der Waals surface area contributed by atoms with Gasteiger partial charge < -0.3 is 24.9 Å². The van der Waals surface area contributed by atoms with Crippen LogP contribution in [0, 0.1) is 5.92 Å². The third-order valence-corrected chi connectivity index (χ3v) is 8.32. The maximum Gasteiger partial charge on any atom is 0.356 e. The van der Waals surface area contributed by atoms with Crippen molar-refractivity contribution >= 4 is 36.1 Å². The Balaban J connectivity index is 1.42. The minimum Gasteiger partial charge on any atom is -0.507 e. The van der Waals surface area contributed by atoms with Crippen molar-refractivity contribution in [1.29, 1.82) is 0 Å². The number of hydrogen-bond donors (Lipinski definition) is 4. The van der Waals surface area contributed by atoms with E-state index in [2.05, 4.69) is 0 Å². The third kappa shape index (κ3) is 5.64. The van der Waals surface area contributed by atoms with Crippen LogP contribution in [0.1, 0.15) is 36.1 Å². The van der Waals surface area contributed by atoms with E-state index in [1.807, 2.05) is 36.4 Å². The van der Waals surface area contributed by atoms with Gasteiger partial charge in [-0.15, -0.1) is 0 Å². The number of aromatic hydroxyl groups is 1. The number of rotatable bonds is 8. The Bertz CT molecular complexity index is 1540. The van der Waals surface area contributed by atoms with Crippen LogP contribution in [0.25, 0.3) is 11.1 Å². The number of aliphatic hydroxyl groups is 1. The number of carbonyl (C=O) groups is 1. The summed E-state index contributed by atoms with van der Waals surface area (Å²) >= 11 is 6.07. The number of carbonyl (C=O) groups excluding carboxylic acids is 1. The molecule has 0 radical (unpaired) electrons. The Morgan fingerprint density at radius 1 is 0.897 bits per heavy atom. The number of amides is 1. The Labute approximate surface area is 231 Å². The molecule has 0 unspecified atom stereocenters. The van der Waals surface area contributed by atoms with E-state index in [1.54, 1.807) is 53.4 Å². The van der Waals surface area contributed by atoms with E-state index in [9.17, 15) is 29.4 Å². The van der Waals surface area contributed by atoms with Gasteiger partial charge in [0.2, 0.25) is 5.91 Å². The molecule has 4 aromatic carbocycles. The van der Waals surface area contributed by atoms with Crippen molar-refractivity contribution in [2.45, 2.75) is 25.0 Å². The summed E-state index contributed by atoms with van der Waals surface area (Å²) in [7, 11) is -4.37. The van der Waals surface area contributed by atoms with Crippen LogP contribution in [0.2, 0.25) is 5.02 Å². The molecular weight excluding hydrogens is 537 g/mol. The molecule has 4 N–H and O–H groups in total. The van der Waals surface area contributed by atoms with Crippen LogP contribution in [-0.2, 0) is 9.36 Å². The average Bonchev–Trinajstić information content (AvgIpc) is 2.91. The number of para-hydroxylation sites is 1. The van der Waals surface area contributed by atoms with Crippen molar-refractivity contribution in [1.82, 2.24) is 0 Å². The van der Waals surface area contributed by atoms with Crippen LogP contribution in [0.4, 0.5) is 5.69 Å². The second kappa shape index (κ2) is 11.0. The molecule has 1 amide bonds. The first kappa shape index (κ1) is 27.1. The first-order valence-electron chi connectivity index (χ1n) is 12.4. The molecule has 7 nitrogen and oxygen atoms in total. The van der Waals surface area contributed by atoms with Crippen LogP contribution in [0.15, 0.2) is 97.1 Å². The summed E-state index contributed by atoms with van der Waals surface area (Å²) in [5.41, 5.74) is 3.28. The minimum absolute atomic E-state index is 0.0125. The summed E-state index contributed by atoms with van der Waals surface area (Å²) in [4.78, 5) is 33.8. The van der Waals surface area contributed by atoms with Gasteiger partial charge in [0.1, 0.15) is 5.75 Å². The van der Waals surface area contributed by atoms with Crippen molar-refractivity contribution in [2.24, 2.45) is 5.92 Å². The van der Waals surface area contributed by atoms with Gasteiger partial charge in [-0.05, 0) is 72.0 Å². The highest BCUT2D eigenvalue weighted by Crippen LogP contribution is 2.47. The van der Waals surface area contributed by atoms with E-state index in [-0.39, 0.29) is 23.0 Å². The topological polar surface area (TPSA) is 118 Å². The first-order valence-corrected chi connectivity index (χ1v) is 14.4. The van der Waals surface area contributed by atoms with Crippen molar-refractivity contribution in [3.05, 3.63) is 113 Å². The predicted octanol–water partition coefficient (Wildman–Crippen LogP) is 5.73. The van der Waals surface area contributed by atoms with Gasteiger partial charge >= 0.3 is 7.60 Å². The molecule has 1 aliphatic rings. The molecule has 39 heavy (non-hydrogen) atoms. The van der Waals surface area contributed by atoms with Crippen molar-refractivity contribution in [3.63, 3.8) is 0 Å². The molecule has 1 fully saturated rings. The van der Waals surface area contributed by atoms with Crippen LogP contribution in [-0.4, -0.2) is 25.9 Å². The molecule has 5 rings (SSSR count). The number of nitrogens with zero attached hydrogens (tertiary/aromatic N) is 1. The molecule has 200 valence electrons. The molecule has 0 saturated carbocycles. The van der Waals surface area contributed by atoms with Gasteiger partial charge in [0, 0.05) is 16.3 Å². The summed E-state index contributed by atoms with van der Waals surface area (Å²) < 4.78 is 11.5. The highest BCUT2D eigenvalue weighted by molar-refractivity contribution is 7.60. The van der Waals surface area contributed by atoms with Crippen LogP contribution in [0.3, 0.4) is 0 Å². The maximum atomic E-state index is 13.3. The van der Waals surface area contributed by atoms with E-state index >= 15 is 0 Å². The number of β-lactam (4-membered cyclic amide) rings is 1. The molecule has 0 aromatic heterocycles. The number of anilines is 1. The van der Waals surface area contributed by atoms with E-state index in [0.29, 0.717) is 34.6 Å². The molecule has 0 bridgehead atoms. The second-order valence-corrected chi connectivity index (χ2v) is 11.7. The molecule has 9 heteroatoms. The maximum absolute atomic E-state index is 13.3. The molecule has 1 saturated heterocycles. The van der Waals surface area contributed by atoms with Gasteiger partial charge in [-0.25, -0.2) is 0 Å². The van der Waals surface area contributed by atoms with Crippen molar-refractivity contribution < 1.29 is 29.4 Å². The van der Waals surface area contributed by atoms with Crippen molar-refractivity contribution in [2.75, 3.05) is 4.90 Å². The Kier molecular flexibility index (Phi) is 7.63. The summed E-state index contributed by atoms with van der Waals surface area (Å²) in [6.45, 7) is 0. The van der Waals surface area contributed by atoms with Gasteiger partial charge in [0.05, 0.1) is 23.4 Å². The number of hydrogen-bond acceptors (Lipinski definition) is 4. The zero-order valence-corrected chi connectivity index (χ0v) is 22.4. The standard InChI is InChI=1S/C30H27ClNO6P/c31-22-6-4-5-20(17-22)27(33)16-15-26-29(32(30(26)35)23-7-2-1-3-8-23)21-11-14-25(28(34)18-21)19-9-12-24(13-10-19)39(36,37)38/h1-14,17-18,26-27,29,33-34H,15-16H2,(H2,36,37,38)/t26-,27+,29-/m1/s1. The number of aliphatic hydroxyl groups excluding tert-OH is 1. The van der Waals surface area contributed by atoms with Crippen LogP contribution < -0.4 is 10.2 Å². The number of halogens is 1. The van der Waals surface area contributed by atoms with Crippen LogP contribution in [0.5, 0.6) is 5.75 Å². The first-order chi connectivity index (χ1) is 18.6. The van der Waals surface area contributed by atoms with Gasteiger partial charge in [-0.3, -0.25) is 9.36 Å². The third-order valence-electron chi connectivity index (χ3n) is 7.11. The fraction of sp³-hybridized carbons (Fsp3) is 0.167. The average molecular weight is 564 g/mol. The normalized spacial score (nSPS) is 18.1. The van der Waals surface area contributed by atoms with E-state index in [1.165, 1.54) is 12.1 Å². The lowest BCUT2D eigenvalue weighted by Crippen LogP contribution is -2.55. The number of phenolic OH excluding ortho intramolecular Hbond substituents is 1. The summed E-state index contributed by atoms with van der Waals surface area (Å²) in [6, 6.07) is 27.0. The highest BCUT2D eigenvalue weighted by Gasteiger charge is 2.48. The van der Waals surface area contributed by atoms with Crippen molar-refractivity contribution in [3.8, 4) is 16.9 Å². The van der Waals surface area contributed by atoms with Gasteiger partial charge in [-0.1, -0.05) is 66.2 Å². The van der Waals surface area contributed by atoms with Gasteiger partial charge in [-0.2, -0.15) is 0 Å². The second-order valence-electron chi connectivity index (χ2n) is 9.61. The SMILES string of the molecule is O=C1[C@H](CC[C@H](O)c2cccc(Cl)c2)[C@@H](c2ccc(-c3ccc(P(=O)(O)O)cc3)c(O)c2)N1c1ccccc1. The zero-order valence-electron chi connectivity index (χ0n) is 20.8. The quantitative estimate of drug-likeness (QED) is 0.160. The Hall–Kier alpha value is -3.45.